The summed E-state index contributed by atoms with van der Waals surface area (Å²) in [4.78, 5) is 15.7. The molecule has 0 radical (unpaired) electrons. The first-order valence-electron chi connectivity index (χ1n) is 11.8. The first-order chi connectivity index (χ1) is 16.6. The lowest BCUT2D eigenvalue weighted by molar-refractivity contribution is 0.0965. The summed E-state index contributed by atoms with van der Waals surface area (Å²) in [5.74, 6) is 1.03. The van der Waals surface area contributed by atoms with Crippen molar-refractivity contribution < 1.29 is 19.0 Å². The molecule has 1 aliphatic rings. The molecular weight excluding hydrogens is 448 g/mol. The molecule has 35 heavy (non-hydrogen) atoms. The Morgan fingerprint density at radius 1 is 1.17 bits per heavy atom. The summed E-state index contributed by atoms with van der Waals surface area (Å²) >= 11 is 0. The molecule has 0 saturated carbocycles. The van der Waals surface area contributed by atoms with Crippen molar-refractivity contribution in [3.05, 3.63) is 41.0 Å². The van der Waals surface area contributed by atoms with Crippen molar-refractivity contribution in [2.24, 2.45) is 0 Å². The van der Waals surface area contributed by atoms with E-state index in [1.807, 2.05) is 26.0 Å². The Hall–Kier alpha value is -3.40. The largest absolute Gasteiger partial charge is 0.494 e. The third kappa shape index (κ3) is 5.17. The summed E-state index contributed by atoms with van der Waals surface area (Å²) in [7, 11) is 1.67. The van der Waals surface area contributed by atoms with E-state index in [0.29, 0.717) is 30.3 Å². The third-order valence-corrected chi connectivity index (χ3v) is 5.86. The molecule has 10 nitrogen and oxygen atoms in total. The van der Waals surface area contributed by atoms with Crippen molar-refractivity contribution in [2.45, 2.75) is 52.7 Å². The van der Waals surface area contributed by atoms with E-state index in [2.05, 4.69) is 35.9 Å². The quantitative estimate of drug-likeness (QED) is 0.516. The van der Waals surface area contributed by atoms with E-state index < -0.39 is 0 Å². The summed E-state index contributed by atoms with van der Waals surface area (Å²) in [6.45, 7) is 12.7. The predicted molar refractivity (Wildman–Crippen MR) is 132 cm³/mol. The smallest absolute Gasteiger partial charge is 0.242 e. The average Bonchev–Trinajstić information content (AvgIpc) is 3.12. The number of aromatic nitrogens is 4. The standard InChI is InChI=1S/C25H34N6O4/c1-16(2)35-22-8-7-21-27-30(24(26)31(21)28-22)15-20(32)17-13-18(25(3,4)5)23(33-6)19(14-17)29-9-11-34-12-10-29/h7-8,13-14,16,26H,9-12,15H2,1-6H3. The SMILES string of the molecule is COc1c(N2CCOCC2)cc(C(=O)Cn2nc3ccc(OC(C)C)nn3c2=N)cc1C(C)(C)C. The number of rotatable bonds is 7. The van der Waals surface area contributed by atoms with Gasteiger partial charge in [0.25, 0.3) is 0 Å². The van der Waals surface area contributed by atoms with Crippen molar-refractivity contribution in [1.82, 2.24) is 19.4 Å². The Kier molecular flexibility index (Phi) is 6.84. The first kappa shape index (κ1) is 24.7. The third-order valence-electron chi connectivity index (χ3n) is 5.86. The van der Waals surface area contributed by atoms with Crippen LogP contribution < -0.4 is 20.0 Å². The number of carbonyl (C=O) groups excluding carboxylic acids is 1. The Bertz CT molecular complexity index is 1280. The Labute approximate surface area is 204 Å². The highest BCUT2D eigenvalue weighted by molar-refractivity contribution is 5.97. The number of nitrogens with one attached hydrogen (secondary N) is 1. The second kappa shape index (κ2) is 9.69. The Morgan fingerprint density at radius 3 is 2.51 bits per heavy atom. The highest BCUT2D eigenvalue weighted by Crippen LogP contribution is 2.40. The van der Waals surface area contributed by atoms with E-state index in [-0.39, 0.29) is 29.5 Å². The van der Waals surface area contributed by atoms with Crippen LogP contribution in [0.1, 0.15) is 50.5 Å². The van der Waals surface area contributed by atoms with Crippen molar-refractivity contribution in [3.8, 4) is 11.6 Å². The second-order valence-corrected chi connectivity index (χ2v) is 9.94. The number of fused-ring (bicyclic) bond motifs is 1. The molecule has 1 saturated heterocycles. The molecular formula is C25H34N6O4. The molecule has 2 aromatic heterocycles. The summed E-state index contributed by atoms with van der Waals surface area (Å²) in [6, 6.07) is 7.22. The summed E-state index contributed by atoms with van der Waals surface area (Å²) in [5, 5.41) is 17.3. The normalized spacial score (nSPS) is 14.5. The van der Waals surface area contributed by atoms with Gasteiger partial charge in [0.2, 0.25) is 11.5 Å². The molecule has 1 aliphatic heterocycles. The fourth-order valence-corrected chi connectivity index (χ4v) is 4.14. The van der Waals surface area contributed by atoms with Crippen LogP contribution in [-0.4, -0.2) is 64.7 Å². The fraction of sp³-hybridized carbons (Fsp3) is 0.520. The number of benzene rings is 1. The zero-order valence-corrected chi connectivity index (χ0v) is 21.3. The van der Waals surface area contributed by atoms with E-state index in [1.165, 1.54) is 9.20 Å². The van der Waals surface area contributed by atoms with E-state index >= 15 is 0 Å². The van der Waals surface area contributed by atoms with Gasteiger partial charge in [-0.15, -0.1) is 10.2 Å². The highest BCUT2D eigenvalue weighted by atomic mass is 16.5. The number of hydrogen-bond donors (Lipinski definition) is 1. The number of ketones is 1. The minimum atomic E-state index is -0.240. The van der Waals surface area contributed by atoms with Gasteiger partial charge in [0.05, 0.1) is 32.1 Å². The van der Waals surface area contributed by atoms with Gasteiger partial charge < -0.3 is 19.1 Å². The fourth-order valence-electron chi connectivity index (χ4n) is 4.14. The van der Waals surface area contributed by atoms with Crippen molar-refractivity contribution in [2.75, 3.05) is 38.3 Å². The zero-order chi connectivity index (χ0) is 25.3. The van der Waals surface area contributed by atoms with Crippen LogP contribution in [0.15, 0.2) is 24.3 Å². The maximum atomic E-state index is 13.5. The molecule has 10 heteroatoms. The summed E-state index contributed by atoms with van der Waals surface area (Å²) in [5.41, 5.74) is 2.62. The lowest BCUT2D eigenvalue weighted by atomic mass is 9.84. The average molecular weight is 483 g/mol. The highest BCUT2D eigenvalue weighted by Gasteiger charge is 2.27. The van der Waals surface area contributed by atoms with Gasteiger partial charge in [0.1, 0.15) is 12.3 Å². The minimum Gasteiger partial charge on any atom is -0.494 e. The Balaban J connectivity index is 1.71. The van der Waals surface area contributed by atoms with Gasteiger partial charge in [-0.3, -0.25) is 10.2 Å². The summed E-state index contributed by atoms with van der Waals surface area (Å²) in [6.07, 6.45) is -0.0425. The van der Waals surface area contributed by atoms with Crippen LogP contribution in [0.2, 0.25) is 0 Å². The van der Waals surface area contributed by atoms with Crippen LogP contribution in [0, 0.1) is 5.41 Å². The van der Waals surface area contributed by atoms with Crippen LogP contribution >= 0.6 is 0 Å². The number of nitrogens with zero attached hydrogens (tertiary/aromatic N) is 5. The van der Waals surface area contributed by atoms with Crippen molar-refractivity contribution in [3.63, 3.8) is 0 Å². The zero-order valence-electron chi connectivity index (χ0n) is 21.3. The van der Waals surface area contributed by atoms with Crippen LogP contribution in [0.3, 0.4) is 0 Å². The molecule has 0 unspecified atom stereocenters. The lowest BCUT2D eigenvalue weighted by Gasteiger charge is -2.33. The predicted octanol–water partition coefficient (Wildman–Crippen LogP) is 2.82. The Morgan fingerprint density at radius 2 is 1.89 bits per heavy atom. The monoisotopic (exact) mass is 482 g/mol. The number of morpholine rings is 1. The first-order valence-corrected chi connectivity index (χ1v) is 11.8. The molecule has 0 atom stereocenters. The maximum Gasteiger partial charge on any atom is 0.242 e. The van der Waals surface area contributed by atoms with Crippen LogP contribution in [-0.2, 0) is 16.7 Å². The molecule has 0 bridgehead atoms. The molecule has 1 aromatic carbocycles. The van der Waals surface area contributed by atoms with Crippen LogP contribution in [0.25, 0.3) is 5.65 Å². The number of Topliss-reactive ketones (excluding diaryl/α,β-unsaturated/α-hetero) is 1. The molecule has 1 N–H and O–H groups in total. The molecule has 3 aromatic rings. The number of methoxy groups -OCH3 is 1. The molecule has 4 rings (SSSR count). The number of ether oxygens (including phenoxy) is 3. The van der Waals surface area contributed by atoms with Gasteiger partial charge in [-0.05, 0) is 37.5 Å². The van der Waals surface area contributed by atoms with E-state index in [1.54, 1.807) is 19.2 Å². The van der Waals surface area contributed by atoms with E-state index in [4.69, 9.17) is 19.6 Å². The van der Waals surface area contributed by atoms with Crippen LogP contribution in [0.4, 0.5) is 5.69 Å². The van der Waals surface area contributed by atoms with Gasteiger partial charge in [-0.2, -0.15) is 4.52 Å². The van der Waals surface area contributed by atoms with Gasteiger partial charge in [-0.25, -0.2) is 4.68 Å². The number of carbonyl (C=O) groups is 1. The van der Waals surface area contributed by atoms with Gasteiger partial charge in [0, 0.05) is 30.3 Å². The number of hydrogen-bond acceptors (Lipinski definition) is 8. The molecule has 0 spiro atoms. The molecule has 3 heterocycles. The van der Waals surface area contributed by atoms with E-state index in [0.717, 1.165) is 30.1 Å². The lowest BCUT2D eigenvalue weighted by Crippen LogP contribution is -2.37. The van der Waals surface area contributed by atoms with Gasteiger partial charge in [0.15, 0.2) is 11.4 Å². The van der Waals surface area contributed by atoms with Crippen LogP contribution in [0.5, 0.6) is 11.6 Å². The molecule has 0 amide bonds. The van der Waals surface area contributed by atoms with Crippen molar-refractivity contribution >= 4 is 17.1 Å². The molecule has 1 fully saturated rings. The summed E-state index contributed by atoms with van der Waals surface area (Å²) < 4.78 is 19.7. The van der Waals surface area contributed by atoms with Crippen molar-refractivity contribution in [1.29, 1.82) is 5.41 Å². The van der Waals surface area contributed by atoms with Gasteiger partial charge in [-0.1, -0.05) is 20.8 Å². The van der Waals surface area contributed by atoms with Gasteiger partial charge >= 0.3 is 0 Å². The minimum absolute atomic E-state index is 0.000477. The van der Waals surface area contributed by atoms with E-state index in [9.17, 15) is 4.79 Å². The topological polar surface area (TPSA) is 107 Å². The second-order valence-electron chi connectivity index (χ2n) is 9.94. The number of anilines is 1. The molecule has 0 aliphatic carbocycles. The molecule has 188 valence electrons. The maximum absolute atomic E-state index is 13.5.